The van der Waals surface area contributed by atoms with Gasteiger partial charge in [0.25, 0.3) is 6.43 Å². The van der Waals surface area contributed by atoms with E-state index >= 15 is 0 Å². The average Bonchev–Trinajstić information content (AvgIpc) is 3.02. The Hall–Kier alpha value is -1.74. The highest BCUT2D eigenvalue weighted by molar-refractivity contribution is 5.52. The van der Waals surface area contributed by atoms with Crippen molar-refractivity contribution in [1.82, 2.24) is 0 Å². The Morgan fingerprint density at radius 3 is 2.59 bits per heavy atom. The summed E-state index contributed by atoms with van der Waals surface area (Å²) in [4.78, 5) is 14.0. The molecule has 0 spiro atoms. The first-order valence-electron chi connectivity index (χ1n) is 5.21. The Bertz CT molecular complexity index is 503. The molecule has 0 heterocycles. The Labute approximate surface area is 96.8 Å². The number of benzene rings is 1. The van der Waals surface area contributed by atoms with Crippen molar-refractivity contribution in [3.05, 3.63) is 28.8 Å². The quantitative estimate of drug-likeness (QED) is 0.651. The van der Waals surface area contributed by atoms with E-state index in [4.69, 9.17) is 0 Å². The first-order chi connectivity index (χ1) is 8.00. The zero-order valence-corrected chi connectivity index (χ0v) is 9.20. The number of hydrogen-bond acceptors (Lipinski definition) is 3. The molecule has 1 aromatic carbocycles. The van der Waals surface area contributed by atoms with E-state index in [0.717, 1.165) is 0 Å². The number of aliphatic imine (C=N–C) groups is 1. The number of halogens is 2. The van der Waals surface area contributed by atoms with E-state index in [-0.39, 0.29) is 0 Å². The van der Waals surface area contributed by atoms with Crippen molar-refractivity contribution in [3.8, 4) is 5.75 Å². The summed E-state index contributed by atoms with van der Waals surface area (Å²) in [5.74, 6) is -0.456. The summed E-state index contributed by atoms with van der Waals surface area (Å²) in [6.45, 7) is 1.66. The van der Waals surface area contributed by atoms with E-state index in [0.29, 0.717) is 24.0 Å². The lowest BCUT2D eigenvalue weighted by Crippen LogP contribution is -2.05. The number of nitrogens with zero attached hydrogens (tertiary/aromatic N) is 1. The molecular weight excluding hydrogens is 228 g/mol. The van der Waals surface area contributed by atoms with Crippen molar-refractivity contribution in [1.29, 1.82) is 0 Å². The maximum Gasteiger partial charge on any atom is 0.267 e. The molecule has 1 aromatic rings. The molecule has 1 N–H and O–H groups in total. The smallest absolute Gasteiger partial charge is 0.267 e. The minimum Gasteiger partial charge on any atom is -0.507 e. The number of aryl methyl sites for hydroxylation is 1. The molecule has 1 saturated carbocycles. The van der Waals surface area contributed by atoms with Crippen LogP contribution in [0.1, 0.15) is 36.0 Å². The molecule has 0 amide bonds. The van der Waals surface area contributed by atoms with Crippen LogP contribution < -0.4 is 0 Å². The summed E-state index contributed by atoms with van der Waals surface area (Å²) in [6.07, 6.45) is -0.162. The number of carbonyl (C=O) groups excluding carboxylic acids is 1. The summed E-state index contributed by atoms with van der Waals surface area (Å²) < 4.78 is 25.4. The summed E-state index contributed by atoms with van der Waals surface area (Å²) in [5.41, 5.74) is -0.328. The maximum atomic E-state index is 12.7. The van der Waals surface area contributed by atoms with E-state index < -0.39 is 23.3 Å². The number of alkyl halides is 2. The van der Waals surface area contributed by atoms with Crippen LogP contribution in [0, 0.1) is 6.92 Å². The van der Waals surface area contributed by atoms with E-state index in [1.807, 2.05) is 0 Å². The highest BCUT2D eigenvalue weighted by Crippen LogP contribution is 2.53. The van der Waals surface area contributed by atoms with Crippen molar-refractivity contribution in [2.75, 3.05) is 0 Å². The highest BCUT2D eigenvalue weighted by Gasteiger charge is 2.47. The number of phenolic OH excluding ortho intramolecular Hbond substituents is 1. The molecule has 0 saturated heterocycles. The van der Waals surface area contributed by atoms with Gasteiger partial charge >= 0.3 is 0 Å². The lowest BCUT2D eigenvalue weighted by atomic mass is 9.98. The second kappa shape index (κ2) is 3.93. The standard InChI is InChI=1S/C12H11F2NO2/c1-7-4-8(11(13)14)10(17)9(5-7)12(2-3-12)15-6-16/h4-5,11,17H,2-3H2,1H3. The second-order valence-electron chi connectivity index (χ2n) is 4.29. The first-order valence-corrected chi connectivity index (χ1v) is 5.21. The molecule has 90 valence electrons. The zero-order chi connectivity index (χ0) is 12.6. The van der Waals surface area contributed by atoms with Crippen LogP contribution in [0.15, 0.2) is 17.1 Å². The molecule has 0 atom stereocenters. The van der Waals surface area contributed by atoms with Crippen molar-refractivity contribution >= 4 is 6.08 Å². The van der Waals surface area contributed by atoms with E-state index in [9.17, 15) is 18.7 Å². The first kappa shape index (κ1) is 11.7. The zero-order valence-electron chi connectivity index (χ0n) is 9.20. The predicted octanol–water partition coefficient (Wildman–Crippen LogP) is 2.96. The van der Waals surface area contributed by atoms with Crippen LogP contribution in [0.5, 0.6) is 5.75 Å². The minimum atomic E-state index is -2.75. The molecular formula is C12H11F2NO2. The second-order valence-corrected chi connectivity index (χ2v) is 4.29. The van der Waals surface area contributed by atoms with Gasteiger partial charge in [-0.2, -0.15) is 4.99 Å². The molecule has 0 radical (unpaired) electrons. The van der Waals surface area contributed by atoms with Gasteiger partial charge in [0, 0.05) is 5.56 Å². The number of rotatable bonds is 3. The van der Waals surface area contributed by atoms with Crippen LogP contribution in [-0.4, -0.2) is 11.2 Å². The molecule has 0 unspecified atom stereocenters. The van der Waals surface area contributed by atoms with Gasteiger partial charge in [0.15, 0.2) is 0 Å². The molecule has 0 aliphatic heterocycles. The maximum absolute atomic E-state index is 12.7. The number of hydrogen-bond donors (Lipinski definition) is 1. The van der Waals surface area contributed by atoms with Gasteiger partial charge in [-0.3, -0.25) is 0 Å². The Balaban J connectivity index is 2.59. The van der Waals surface area contributed by atoms with Crippen LogP contribution in [0.4, 0.5) is 8.78 Å². The third kappa shape index (κ3) is 1.94. The van der Waals surface area contributed by atoms with Crippen molar-refractivity contribution in [3.63, 3.8) is 0 Å². The minimum absolute atomic E-state index is 0.302. The molecule has 1 aliphatic carbocycles. The fourth-order valence-electron chi connectivity index (χ4n) is 1.98. The fourth-order valence-corrected chi connectivity index (χ4v) is 1.98. The average molecular weight is 239 g/mol. The molecule has 2 rings (SSSR count). The van der Waals surface area contributed by atoms with Crippen LogP contribution in [-0.2, 0) is 10.3 Å². The lowest BCUT2D eigenvalue weighted by Gasteiger charge is -2.15. The van der Waals surface area contributed by atoms with Crippen molar-refractivity contribution in [2.24, 2.45) is 4.99 Å². The third-order valence-corrected chi connectivity index (χ3v) is 3.00. The van der Waals surface area contributed by atoms with Crippen LogP contribution in [0.2, 0.25) is 0 Å². The van der Waals surface area contributed by atoms with Crippen molar-refractivity contribution < 1.29 is 18.7 Å². The predicted molar refractivity (Wildman–Crippen MR) is 56.8 cm³/mol. The van der Waals surface area contributed by atoms with Crippen LogP contribution >= 0.6 is 0 Å². The monoisotopic (exact) mass is 239 g/mol. The Kier molecular flexibility index (Phi) is 2.71. The summed E-state index contributed by atoms with van der Waals surface area (Å²) in [5, 5.41) is 9.82. The third-order valence-electron chi connectivity index (χ3n) is 3.00. The molecule has 5 heteroatoms. The molecule has 1 fully saturated rings. The van der Waals surface area contributed by atoms with Crippen LogP contribution in [0.3, 0.4) is 0 Å². The van der Waals surface area contributed by atoms with Gasteiger partial charge in [0.05, 0.1) is 5.56 Å². The SMILES string of the molecule is Cc1cc(C(F)F)c(O)c(C2(N=C=O)CC2)c1. The molecule has 0 aromatic heterocycles. The van der Waals surface area contributed by atoms with Gasteiger partial charge in [0.1, 0.15) is 11.3 Å². The molecule has 0 bridgehead atoms. The lowest BCUT2D eigenvalue weighted by molar-refractivity contribution is 0.147. The Morgan fingerprint density at radius 1 is 1.47 bits per heavy atom. The normalized spacial score (nSPS) is 16.7. The fraction of sp³-hybridized carbons (Fsp3) is 0.417. The summed E-state index contributed by atoms with van der Waals surface area (Å²) in [6, 6.07) is 2.83. The van der Waals surface area contributed by atoms with Gasteiger partial charge < -0.3 is 5.11 Å². The largest absolute Gasteiger partial charge is 0.507 e. The Morgan fingerprint density at radius 2 is 2.12 bits per heavy atom. The number of phenols is 1. The van der Waals surface area contributed by atoms with E-state index in [1.54, 1.807) is 13.0 Å². The van der Waals surface area contributed by atoms with Crippen molar-refractivity contribution in [2.45, 2.75) is 31.7 Å². The van der Waals surface area contributed by atoms with Crippen LogP contribution in [0.25, 0.3) is 0 Å². The van der Waals surface area contributed by atoms with Gasteiger partial charge in [0.2, 0.25) is 6.08 Å². The van der Waals surface area contributed by atoms with Gasteiger partial charge in [-0.15, -0.1) is 0 Å². The molecule has 17 heavy (non-hydrogen) atoms. The number of isocyanates is 1. The summed E-state index contributed by atoms with van der Waals surface area (Å²) >= 11 is 0. The van der Waals surface area contributed by atoms with Gasteiger partial charge in [-0.25, -0.2) is 13.6 Å². The highest BCUT2D eigenvalue weighted by atomic mass is 19.3. The topological polar surface area (TPSA) is 49.7 Å². The van der Waals surface area contributed by atoms with Gasteiger partial charge in [-0.05, 0) is 31.9 Å². The number of aromatic hydroxyl groups is 1. The van der Waals surface area contributed by atoms with E-state index in [2.05, 4.69) is 4.99 Å². The molecule has 3 nitrogen and oxygen atoms in total. The molecule has 1 aliphatic rings. The van der Waals surface area contributed by atoms with E-state index in [1.165, 1.54) is 12.1 Å². The summed E-state index contributed by atoms with van der Waals surface area (Å²) in [7, 11) is 0. The van der Waals surface area contributed by atoms with Gasteiger partial charge in [-0.1, -0.05) is 5.56 Å².